The first-order chi connectivity index (χ1) is 21.0. The summed E-state index contributed by atoms with van der Waals surface area (Å²) < 4.78 is 4.98. The van der Waals surface area contributed by atoms with Gasteiger partial charge in [0.15, 0.2) is 5.69 Å². The zero-order valence-electron chi connectivity index (χ0n) is 25.0. The molecule has 0 aliphatic rings. The Kier molecular flexibility index (Phi) is 10.1. The van der Waals surface area contributed by atoms with E-state index in [2.05, 4.69) is 15.8 Å². The number of anilines is 3. The molecule has 0 saturated heterocycles. The van der Waals surface area contributed by atoms with Gasteiger partial charge >= 0.3 is 12.0 Å². The molecule has 4 aromatic rings. The fourth-order valence-corrected chi connectivity index (χ4v) is 4.65. The molecule has 228 valence electrons. The van der Waals surface area contributed by atoms with Gasteiger partial charge in [0.05, 0.1) is 12.5 Å². The number of likely N-dealkylation sites (N-methyl/N-ethyl adjacent to an activating group) is 1. The van der Waals surface area contributed by atoms with Crippen molar-refractivity contribution in [3.8, 4) is 0 Å². The third-order valence-electron chi connectivity index (χ3n) is 7.19. The largest absolute Gasteiger partial charge is 0.481 e. The second-order valence-corrected chi connectivity index (χ2v) is 10.5. The van der Waals surface area contributed by atoms with Crippen LogP contribution in [0.4, 0.5) is 21.9 Å². The first kappa shape index (κ1) is 31.5. The molecule has 0 fully saturated rings. The number of nitrogens with zero attached hydrogens (tertiary/aromatic N) is 3. The number of aliphatic carboxylic acids is 1. The van der Waals surface area contributed by atoms with Gasteiger partial charge in [0.2, 0.25) is 5.91 Å². The average molecular weight is 598 g/mol. The maximum atomic E-state index is 13.2. The van der Waals surface area contributed by atoms with Crippen molar-refractivity contribution in [2.45, 2.75) is 39.2 Å². The lowest BCUT2D eigenvalue weighted by Gasteiger charge is -2.22. The van der Waals surface area contributed by atoms with Crippen LogP contribution in [-0.2, 0) is 16.0 Å². The number of urea groups is 1. The van der Waals surface area contributed by atoms with Gasteiger partial charge in [-0.15, -0.1) is 0 Å². The molecule has 4 rings (SSSR count). The van der Waals surface area contributed by atoms with Gasteiger partial charge in [-0.2, -0.15) is 0 Å². The minimum absolute atomic E-state index is 0.0928. The van der Waals surface area contributed by atoms with Crippen molar-refractivity contribution in [2.75, 3.05) is 29.2 Å². The molecular weight excluding hydrogens is 562 g/mol. The normalized spacial score (nSPS) is 11.4. The molecular formula is C33H35N5O6. The second-order valence-electron chi connectivity index (χ2n) is 10.5. The van der Waals surface area contributed by atoms with Crippen molar-refractivity contribution in [2.24, 2.45) is 0 Å². The van der Waals surface area contributed by atoms with Crippen LogP contribution in [0.5, 0.6) is 0 Å². The molecule has 11 nitrogen and oxygen atoms in total. The number of aromatic nitrogens is 1. The van der Waals surface area contributed by atoms with Crippen LogP contribution >= 0.6 is 0 Å². The molecule has 0 spiro atoms. The van der Waals surface area contributed by atoms with Crippen molar-refractivity contribution in [1.82, 2.24) is 10.5 Å². The van der Waals surface area contributed by atoms with Gasteiger partial charge in [0, 0.05) is 43.6 Å². The van der Waals surface area contributed by atoms with Crippen molar-refractivity contribution >= 4 is 40.9 Å². The van der Waals surface area contributed by atoms with Crippen molar-refractivity contribution in [3.05, 3.63) is 107 Å². The molecule has 1 aromatic heterocycles. The Bertz CT molecular complexity index is 1650. The molecule has 1 heterocycles. The summed E-state index contributed by atoms with van der Waals surface area (Å²) in [5.74, 6) is -1.19. The third kappa shape index (κ3) is 8.09. The van der Waals surface area contributed by atoms with E-state index in [0.29, 0.717) is 22.7 Å². The van der Waals surface area contributed by atoms with Gasteiger partial charge in [0.1, 0.15) is 5.76 Å². The van der Waals surface area contributed by atoms with Crippen LogP contribution in [0.15, 0.2) is 83.4 Å². The number of carbonyl (C=O) groups excluding carboxylic acids is 3. The highest BCUT2D eigenvalue weighted by Crippen LogP contribution is 2.25. The molecule has 3 aromatic carbocycles. The topological polar surface area (TPSA) is 145 Å². The fourth-order valence-electron chi connectivity index (χ4n) is 4.65. The van der Waals surface area contributed by atoms with E-state index >= 15 is 0 Å². The number of nitrogens with one attached hydrogen (secondary N) is 2. The second kappa shape index (κ2) is 14.1. The molecule has 3 N–H and O–H groups in total. The number of amides is 4. The van der Waals surface area contributed by atoms with E-state index in [9.17, 15) is 24.3 Å². The quantitative estimate of drug-likeness (QED) is 0.207. The number of carbonyl (C=O) groups is 4. The van der Waals surface area contributed by atoms with Crippen LogP contribution in [0.2, 0.25) is 0 Å². The van der Waals surface area contributed by atoms with Crippen LogP contribution in [0.25, 0.3) is 0 Å². The summed E-state index contributed by atoms with van der Waals surface area (Å²) in [5, 5.41) is 18.7. The Hall–Kier alpha value is -5.45. The van der Waals surface area contributed by atoms with E-state index in [1.165, 1.54) is 11.0 Å². The Balaban J connectivity index is 1.40. The molecule has 44 heavy (non-hydrogen) atoms. The molecule has 1 atom stereocenters. The van der Waals surface area contributed by atoms with Crippen molar-refractivity contribution < 1.29 is 28.8 Å². The van der Waals surface area contributed by atoms with E-state index in [1.807, 2.05) is 31.2 Å². The zero-order valence-corrected chi connectivity index (χ0v) is 25.0. The summed E-state index contributed by atoms with van der Waals surface area (Å²) >= 11 is 0. The molecule has 0 saturated carbocycles. The van der Waals surface area contributed by atoms with Gasteiger partial charge in [-0.25, -0.2) is 4.79 Å². The highest BCUT2D eigenvalue weighted by Gasteiger charge is 2.21. The molecule has 0 bridgehead atoms. The lowest BCUT2D eigenvalue weighted by Crippen LogP contribution is -2.31. The van der Waals surface area contributed by atoms with Gasteiger partial charge in [0.25, 0.3) is 5.91 Å². The number of hydrogen-bond acceptors (Lipinski definition) is 6. The predicted octanol–water partition coefficient (Wildman–Crippen LogP) is 5.50. The Morgan fingerprint density at radius 1 is 0.909 bits per heavy atom. The van der Waals surface area contributed by atoms with Crippen molar-refractivity contribution in [3.63, 3.8) is 0 Å². The summed E-state index contributed by atoms with van der Waals surface area (Å²) in [6.07, 6.45) is 0.0891. The maximum Gasteiger partial charge on any atom is 0.326 e. The fraction of sp³-hybridized carbons (Fsp3) is 0.242. The third-order valence-corrected chi connectivity index (χ3v) is 7.19. The van der Waals surface area contributed by atoms with Gasteiger partial charge < -0.3 is 25.2 Å². The lowest BCUT2D eigenvalue weighted by atomic mass is 10.0. The minimum Gasteiger partial charge on any atom is -0.481 e. The number of hydrogen-bond donors (Lipinski definition) is 3. The first-order valence-corrected chi connectivity index (χ1v) is 14.0. The van der Waals surface area contributed by atoms with Gasteiger partial charge in [-0.1, -0.05) is 47.6 Å². The number of para-hydroxylation sites is 1. The van der Waals surface area contributed by atoms with E-state index in [1.54, 1.807) is 74.4 Å². The standard InChI is InChI=1S/C33H35N5O6/c1-21-8-5-6-11-29(21)38(4)33(43)34-25-14-12-23(13-15-25)19-30(39)37(3)26-10-7-9-24(20-26)27(16-17-31(40)41)35-32(42)28-18-22(2)44-36-28/h5-15,18,20,27H,16-17,19H2,1-4H3,(H,34,43)(H,35,42)(H,40,41). The first-order valence-electron chi connectivity index (χ1n) is 14.0. The Labute approximate surface area is 255 Å². The zero-order chi connectivity index (χ0) is 31.8. The average Bonchev–Trinajstić information content (AvgIpc) is 3.45. The molecule has 11 heteroatoms. The minimum atomic E-state index is -0.992. The number of rotatable bonds is 11. The molecule has 0 aliphatic carbocycles. The monoisotopic (exact) mass is 597 g/mol. The van der Waals surface area contributed by atoms with Gasteiger partial charge in [-0.3, -0.25) is 19.3 Å². The summed E-state index contributed by atoms with van der Waals surface area (Å²) in [6.45, 7) is 3.61. The Morgan fingerprint density at radius 3 is 2.30 bits per heavy atom. The van der Waals surface area contributed by atoms with E-state index in [4.69, 9.17) is 4.52 Å². The highest BCUT2D eigenvalue weighted by atomic mass is 16.5. The Morgan fingerprint density at radius 2 is 1.64 bits per heavy atom. The van der Waals surface area contributed by atoms with E-state index in [-0.39, 0.29) is 36.9 Å². The smallest absolute Gasteiger partial charge is 0.326 e. The number of carboxylic acids is 1. The van der Waals surface area contributed by atoms with Crippen LogP contribution < -0.4 is 20.4 Å². The molecule has 0 aliphatic heterocycles. The lowest BCUT2D eigenvalue weighted by molar-refractivity contribution is -0.137. The highest BCUT2D eigenvalue weighted by molar-refractivity contribution is 6.02. The summed E-state index contributed by atoms with van der Waals surface area (Å²) in [6, 6.07) is 22.3. The summed E-state index contributed by atoms with van der Waals surface area (Å²) in [5.41, 5.74) is 4.47. The van der Waals surface area contributed by atoms with Crippen molar-refractivity contribution in [1.29, 1.82) is 0 Å². The molecule has 1 unspecified atom stereocenters. The summed E-state index contributed by atoms with van der Waals surface area (Å²) in [7, 11) is 3.36. The SMILES string of the molecule is Cc1cc(C(=O)NC(CCC(=O)O)c2cccc(N(C)C(=O)Cc3ccc(NC(=O)N(C)c4ccccc4C)cc3)c2)no1. The number of benzene rings is 3. The van der Waals surface area contributed by atoms with E-state index in [0.717, 1.165) is 16.8 Å². The van der Waals surface area contributed by atoms with Crippen LogP contribution in [0, 0.1) is 13.8 Å². The maximum absolute atomic E-state index is 13.2. The number of aryl methyl sites for hydroxylation is 2. The summed E-state index contributed by atoms with van der Waals surface area (Å²) in [4.78, 5) is 53.0. The van der Waals surface area contributed by atoms with Gasteiger partial charge in [-0.05, 0) is 67.3 Å². The van der Waals surface area contributed by atoms with E-state index < -0.39 is 17.9 Å². The molecule has 4 amide bonds. The number of carboxylic acid groups (broad SMARTS) is 1. The van der Waals surface area contributed by atoms with Crippen LogP contribution in [-0.4, -0.2) is 48.2 Å². The van der Waals surface area contributed by atoms with Crippen LogP contribution in [0.3, 0.4) is 0 Å². The predicted molar refractivity (Wildman–Crippen MR) is 167 cm³/mol. The molecule has 0 radical (unpaired) electrons. The van der Waals surface area contributed by atoms with Crippen LogP contribution in [0.1, 0.15) is 51.8 Å².